The largest absolute Gasteiger partial charge is 0.394 e. The normalized spacial score (nSPS) is 28.7. The van der Waals surface area contributed by atoms with Crippen LogP contribution in [0.5, 0.6) is 0 Å². The van der Waals surface area contributed by atoms with Crippen LogP contribution in [0.2, 0.25) is 4.34 Å². The van der Waals surface area contributed by atoms with E-state index in [0.29, 0.717) is 13.0 Å². The van der Waals surface area contributed by atoms with E-state index in [2.05, 4.69) is 11.0 Å². The molecule has 3 rings (SSSR count). The van der Waals surface area contributed by atoms with Crippen molar-refractivity contribution in [2.75, 3.05) is 26.3 Å². The maximum absolute atomic E-state index is 10.2. The van der Waals surface area contributed by atoms with Crippen LogP contribution in [0.3, 0.4) is 0 Å². The molecule has 0 bridgehead atoms. The number of hydrogen-bond donors (Lipinski definition) is 2. The van der Waals surface area contributed by atoms with Gasteiger partial charge < -0.3 is 14.9 Å². The third-order valence-corrected chi connectivity index (χ3v) is 6.16. The molecule has 4 nitrogen and oxygen atoms in total. The Bertz CT molecular complexity index is 473. The Morgan fingerprint density at radius 3 is 2.71 bits per heavy atom. The van der Waals surface area contributed by atoms with Gasteiger partial charge in [-0.1, -0.05) is 11.6 Å². The minimum Gasteiger partial charge on any atom is -0.394 e. The highest BCUT2D eigenvalue weighted by atomic mass is 35.5. The maximum Gasteiger partial charge on any atom is 0.0931 e. The lowest BCUT2D eigenvalue weighted by Gasteiger charge is -2.56. The number of aliphatic hydroxyl groups excluding tert-OH is 2. The van der Waals surface area contributed by atoms with Crippen molar-refractivity contribution in [1.29, 1.82) is 0 Å². The third-order valence-electron chi connectivity index (χ3n) is 4.95. The first-order chi connectivity index (χ1) is 10.1. The Kier molecular flexibility index (Phi) is 4.88. The van der Waals surface area contributed by atoms with Crippen molar-refractivity contribution in [1.82, 2.24) is 4.90 Å². The van der Waals surface area contributed by atoms with Gasteiger partial charge in [0.15, 0.2) is 0 Å². The minimum atomic E-state index is -0.250. The van der Waals surface area contributed by atoms with Gasteiger partial charge in [0.25, 0.3) is 0 Å². The summed E-state index contributed by atoms with van der Waals surface area (Å²) in [5, 5.41) is 19.1. The van der Waals surface area contributed by atoms with Gasteiger partial charge in [0.05, 0.1) is 29.8 Å². The van der Waals surface area contributed by atoms with Gasteiger partial charge in [0.1, 0.15) is 0 Å². The summed E-state index contributed by atoms with van der Waals surface area (Å²) in [6, 6.07) is 4.03. The van der Waals surface area contributed by atoms with E-state index >= 15 is 0 Å². The fourth-order valence-electron chi connectivity index (χ4n) is 3.60. The second kappa shape index (κ2) is 6.52. The number of likely N-dealkylation sites (tertiary alicyclic amines) is 1. The number of hydrogen-bond acceptors (Lipinski definition) is 5. The van der Waals surface area contributed by atoms with Crippen LogP contribution in [0, 0.1) is 5.41 Å². The van der Waals surface area contributed by atoms with Crippen LogP contribution < -0.4 is 0 Å². The topological polar surface area (TPSA) is 52.9 Å². The lowest BCUT2D eigenvalue weighted by molar-refractivity contribution is -0.213. The van der Waals surface area contributed by atoms with Crippen LogP contribution >= 0.6 is 22.9 Å². The summed E-state index contributed by atoms with van der Waals surface area (Å²) in [4.78, 5) is 3.71. The SMILES string of the molecule is OCCO[C@H]1C[C@@H](O)C12CCN(Cc1ccc(Cl)s1)CC2. The molecule has 6 heteroatoms. The van der Waals surface area contributed by atoms with Gasteiger partial charge in [-0.15, -0.1) is 11.3 Å². The van der Waals surface area contributed by atoms with Crippen molar-refractivity contribution in [3.63, 3.8) is 0 Å². The number of ether oxygens (including phenoxy) is 1. The maximum atomic E-state index is 10.2. The van der Waals surface area contributed by atoms with Crippen LogP contribution in [0.25, 0.3) is 0 Å². The zero-order chi connectivity index (χ0) is 14.9. The number of nitrogens with zero attached hydrogens (tertiary/aromatic N) is 1. The second-order valence-corrected chi connectivity index (χ2v) is 7.85. The molecule has 1 aromatic rings. The molecule has 0 amide bonds. The molecule has 2 atom stereocenters. The number of piperidine rings is 1. The van der Waals surface area contributed by atoms with E-state index in [0.717, 1.165) is 36.8 Å². The fraction of sp³-hybridized carbons (Fsp3) is 0.733. The first-order valence-electron chi connectivity index (χ1n) is 7.51. The molecule has 1 aromatic heterocycles. The number of rotatable bonds is 5. The van der Waals surface area contributed by atoms with Gasteiger partial charge in [0.2, 0.25) is 0 Å². The van der Waals surface area contributed by atoms with Crippen LogP contribution in [0.4, 0.5) is 0 Å². The van der Waals surface area contributed by atoms with Crippen molar-refractivity contribution in [3.05, 3.63) is 21.3 Å². The van der Waals surface area contributed by atoms with Crippen LogP contribution in [0.1, 0.15) is 24.1 Å². The van der Waals surface area contributed by atoms with Crippen molar-refractivity contribution >= 4 is 22.9 Å². The van der Waals surface area contributed by atoms with E-state index in [1.165, 1.54) is 4.88 Å². The summed E-state index contributed by atoms with van der Waals surface area (Å²) >= 11 is 7.61. The van der Waals surface area contributed by atoms with Gasteiger partial charge in [0, 0.05) is 23.3 Å². The monoisotopic (exact) mass is 331 g/mol. The van der Waals surface area contributed by atoms with Crippen LogP contribution in [0.15, 0.2) is 12.1 Å². The zero-order valence-electron chi connectivity index (χ0n) is 12.0. The van der Waals surface area contributed by atoms with E-state index in [1.807, 2.05) is 6.07 Å². The van der Waals surface area contributed by atoms with Crippen molar-refractivity contribution in [2.45, 2.75) is 38.0 Å². The van der Waals surface area contributed by atoms with E-state index < -0.39 is 0 Å². The molecule has 2 aliphatic rings. The van der Waals surface area contributed by atoms with E-state index in [-0.39, 0.29) is 24.2 Å². The van der Waals surface area contributed by atoms with Crippen molar-refractivity contribution in [3.8, 4) is 0 Å². The molecule has 1 saturated heterocycles. The number of halogens is 1. The molecule has 0 aromatic carbocycles. The molecule has 1 aliphatic carbocycles. The lowest BCUT2D eigenvalue weighted by Crippen LogP contribution is -2.62. The van der Waals surface area contributed by atoms with Crippen molar-refractivity contribution < 1.29 is 14.9 Å². The zero-order valence-corrected chi connectivity index (χ0v) is 13.6. The van der Waals surface area contributed by atoms with Gasteiger partial charge in [-0.05, 0) is 38.1 Å². The molecule has 0 unspecified atom stereocenters. The van der Waals surface area contributed by atoms with Gasteiger partial charge in [-0.3, -0.25) is 4.90 Å². The molecule has 1 saturated carbocycles. The average molecular weight is 332 g/mol. The fourth-order valence-corrected chi connectivity index (χ4v) is 4.73. The molecule has 2 heterocycles. The summed E-state index contributed by atoms with van der Waals surface area (Å²) < 4.78 is 6.54. The molecule has 1 spiro atoms. The average Bonchev–Trinajstić information content (AvgIpc) is 2.89. The van der Waals surface area contributed by atoms with E-state index in [1.54, 1.807) is 11.3 Å². The molecule has 118 valence electrons. The highest BCUT2D eigenvalue weighted by molar-refractivity contribution is 7.16. The predicted octanol–water partition coefficient (Wildman–Crippen LogP) is 2.13. The third kappa shape index (κ3) is 3.14. The van der Waals surface area contributed by atoms with E-state index in [9.17, 15) is 5.11 Å². The Hall–Kier alpha value is -0.170. The molecule has 2 N–H and O–H groups in total. The Labute approximate surface area is 134 Å². The Morgan fingerprint density at radius 1 is 1.38 bits per heavy atom. The first kappa shape index (κ1) is 15.7. The summed E-state index contributed by atoms with van der Waals surface area (Å²) in [7, 11) is 0. The molecule has 2 fully saturated rings. The quantitative estimate of drug-likeness (QED) is 0.868. The Morgan fingerprint density at radius 2 is 2.14 bits per heavy atom. The highest BCUT2D eigenvalue weighted by Gasteiger charge is 2.55. The lowest BCUT2D eigenvalue weighted by atomic mass is 9.58. The van der Waals surface area contributed by atoms with Gasteiger partial charge in [-0.25, -0.2) is 0 Å². The van der Waals surface area contributed by atoms with Gasteiger partial charge in [-0.2, -0.15) is 0 Å². The van der Waals surface area contributed by atoms with E-state index in [4.69, 9.17) is 21.4 Å². The van der Waals surface area contributed by atoms with Crippen LogP contribution in [-0.2, 0) is 11.3 Å². The summed E-state index contributed by atoms with van der Waals surface area (Å²) in [6.07, 6.45) is 2.49. The molecular weight excluding hydrogens is 310 g/mol. The minimum absolute atomic E-state index is 0.0495. The summed E-state index contributed by atoms with van der Waals surface area (Å²) in [6.45, 7) is 3.31. The number of thiophene rings is 1. The predicted molar refractivity (Wildman–Crippen MR) is 83.7 cm³/mol. The van der Waals surface area contributed by atoms with Crippen molar-refractivity contribution in [2.24, 2.45) is 5.41 Å². The second-order valence-electron chi connectivity index (χ2n) is 6.05. The number of aliphatic hydroxyl groups is 2. The van der Waals surface area contributed by atoms with Gasteiger partial charge >= 0.3 is 0 Å². The summed E-state index contributed by atoms with van der Waals surface area (Å²) in [5.74, 6) is 0. The molecule has 1 aliphatic heterocycles. The molecule has 21 heavy (non-hydrogen) atoms. The standard InChI is InChI=1S/C15H22ClNO3S/c16-14-2-1-11(21-14)10-17-5-3-15(4-6-17)12(19)9-13(15)20-8-7-18/h1-2,12-13,18-19H,3-10H2/t12-,13+/m1/s1. The van der Waals surface area contributed by atoms with Crippen LogP contribution in [-0.4, -0.2) is 53.6 Å². The molecular formula is C15H22ClNO3S. The summed E-state index contributed by atoms with van der Waals surface area (Å²) in [5.41, 5.74) is -0.0846. The molecule has 0 radical (unpaired) electrons. The highest BCUT2D eigenvalue weighted by Crippen LogP contribution is 2.51. The Balaban J connectivity index is 1.54. The first-order valence-corrected chi connectivity index (χ1v) is 8.70. The smallest absolute Gasteiger partial charge is 0.0931 e.